The number of pyridine rings is 1. The maximum atomic E-state index is 12.3. The number of hydrogen-bond donors (Lipinski definition) is 3. The van der Waals surface area contributed by atoms with Gasteiger partial charge in [-0.2, -0.15) is 0 Å². The summed E-state index contributed by atoms with van der Waals surface area (Å²) < 4.78 is 9.66. The third-order valence-corrected chi connectivity index (χ3v) is 3.78. The molecule has 8 nitrogen and oxygen atoms in total. The number of carbonyl (C=O) groups excluding carboxylic acids is 2. The van der Waals surface area contributed by atoms with Crippen molar-refractivity contribution in [3.05, 3.63) is 57.5 Å². The van der Waals surface area contributed by atoms with Crippen LogP contribution < -0.4 is 16.0 Å². The second-order valence-electron chi connectivity index (χ2n) is 5.28. The van der Waals surface area contributed by atoms with Crippen molar-refractivity contribution in [1.29, 1.82) is 0 Å². The SMILES string of the molecule is COC(=O)c1c[nH]c(=O)c([C@@H](CC(N)=O)c2ccc(OC)cc2)c1O. The number of primary amides is 1. The molecular formula is C17H18N2O6. The van der Waals surface area contributed by atoms with Crippen molar-refractivity contribution in [1.82, 2.24) is 4.98 Å². The molecular weight excluding hydrogens is 328 g/mol. The van der Waals surface area contributed by atoms with E-state index in [1.54, 1.807) is 24.3 Å². The molecule has 0 saturated heterocycles. The molecule has 1 heterocycles. The first kappa shape index (κ1) is 18.1. The van der Waals surface area contributed by atoms with Crippen LogP contribution in [0.15, 0.2) is 35.3 Å². The van der Waals surface area contributed by atoms with Crippen LogP contribution >= 0.6 is 0 Å². The fourth-order valence-electron chi connectivity index (χ4n) is 2.55. The Morgan fingerprint density at radius 2 is 1.88 bits per heavy atom. The van der Waals surface area contributed by atoms with Crippen LogP contribution in [0.2, 0.25) is 0 Å². The minimum Gasteiger partial charge on any atom is -0.506 e. The van der Waals surface area contributed by atoms with Gasteiger partial charge in [0, 0.05) is 18.5 Å². The number of nitrogens with one attached hydrogen (secondary N) is 1. The summed E-state index contributed by atoms with van der Waals surface area (Å²) in [5.74, 6) is -2.27. The van der Waals surface area contributed by atoms with Crippen molar-refractivity contribution in [2.24, 2.45) is 5.73 Å². The summed E-state index contributed by atoms with van der Waals surface area (Å²) in [6.45, 7) is 0. The van der Waals surface area contributed by atoms with Crippen LogP contribution in [0.3, 0.4) is 0 Å². The molecule has 0 unspecified atom stereocenters. The highest BCUT2D eigenvalue weighted by Gasteiger charge is 2.27. The standard InChI is InChI=1S/C17H18N2O6/c1-24-10-5-3-9(4-6-10)11(7-13(18)20)14-15(21)12(17(23)25-2)8-19-16(14)22/h3-6,8,11H,7H2,1-2H3,(H2,18,20)(H2,19,21,22)/t11-/m0/s1. The molecule has 0 fully saturated rings. The number of rotatable bonds is 6. The van der Waals surface area contributed by atoms with E-state index in [0.717, 1.165) is 13.3 Å². The number of aromatic nitrogens is 1. The number of aromatic amines is 1. The van der Waals surface area contributed by atoms with Crippen LogP contribution in [0, 0.1) is 0 Å². The average Bonchev–Trinajstić information content (AvgIpc) is 2.60. The van der Waals surface area contributed by atoms with E-state index in [4.69, 9.17) is 10.5 Å². The van der Waals surface area contributed by atoms with E-state index in [1.807, 2.05) is 0 Å². The first-order chi connectivity index (χ1) is 11.9. The lowest BCUT2D eigenvalue weighted by molar-refractivity contribution is -0.118. The van der Waals surface area contributed by atoms with Crippen molar-refractivity contribution in [3.8, 4) is 11.5 Å². The summed E-state index contributed by atoms with van der Waals surface area (Å²) in [7, 11) is 2.66. The normalized spacial score (nSPS) is 11.6. The summed E-state index contributed by atoms with van der Waals surface area (Å²) in [6, 6.07) is 6.60. The van der Waals surface area contributed by atoms with Crippen molar-refractivity contribution < 1.29 is 24.2 Å². The molecule has 25 heavy (non-hydrogen) atoms. The van der Waals surface area contributed by atoms with Crippen molar-refractivity contribution in [3.63, 3.8) is 0 Å². The number of H-pyrrole nitrogens is 1. The maximum Gasteiger partial charge on any atom is 0.343 e. The number of amides is 1. The number of aromatic hydroxyl groups is 1. The molecule has 2 rings (SSSR count). The fraction of sp³-hybridized carbons (Fsp3) is 0.235. The van der Waals surface area contributed by atoms with E-state index in [1.165, 1.54) is 7.11 Å². The van der Waals surface area contributed by atoms with E-state index in [-0.39, 0.29) is 17.5 Å². The number of carbonyl (C=O) groups is 2. The first-order valence-electron chi connectivity index (χ1n) is 7.34. The van der Waals surface area contributed by atoms with Crippen LogP contribution in [-0.2, 0) is 9.53 Å². The van der Waals surface area contributed by atoms with Gasteiger partial charge in [0.1, 0.15) is 17.1 Å². The third kappa shape index (κ3) is 3.79. The number of nitrogens with two attached hydrogens (primary N) is 1. The second-order valence-corrected chi connectivity index (χ2v) is 5.28. The van der Waals surface area contributed by atoms with Crippen molar-refractivity contribution in [2.75, 3.05) is 14.2 Å². The molecule has 8 heteroatoms. The molecule has 0 radical (unpaired) electrons. The molecule has 1 aromatic carbocycles. The Kier molecular flexibility index (Phi) is 5.43. The van der Waals surface area contributed by atoms with Crippen LogP contribution in [-0.4, -0.2) is 36.2 Å². The maximum absolute atomic E-state index is 12.3. The summed E-state index contributed by atoms with van der Waals surface area (Å²) >= 11 is 0. The Morgan fingerprint density at radius 3 is 2.40 bits per heavy atom. The van der Waals surface area contributed by atoms with Gasteiger partial charge in [-0.05, 0) is 17.7 Å². The lowest BCUT2D eigenvalue weighted by Crippen LogP contribution is -2.23. The quantitative estimate of drug-likeness (QED) is 0.665. The summed E-state index contributed by atoms with van der Waals surface area (Å²) in [5, 5.41) is 10.4. The van der Waals surface area contributed by atoms with Gasteiger partial charge in [0.2, 0.25) is 5.91 Å². The molecule has 0 spiro atoms. The number of hydrogen-bond acceptors (Lipinski definition) is 6. The molecule has 4 N–H and O–H groups in total. The van der Waals surface area contributed by atoms with Crippen LogP contribution in [0.5, 0.6) is 11.5 Å². The van der Waals surface area contributed by atoms with E-state index < -0.39 is 29.1 Å². The van der Waals surface area contributed by atoms with E-state index in [9.17, 15) is 19.5 Å². The Morgan fingerprint density at radius 1 is 1.24 bits per heavy atom. The topological polar surface area (TPSA) is 132 Å². The predicted octanol–water partition coefficient (Wildman–Crippen LogP) is 0.883. The summed E-state index contributed by atoms with van der Waals surface area (Å²) in [4.78, 5) is 37.9. The number of esters is 1. The molecule has 1 atom stereocenters. The number of ether oxygens (including phenoxy) is 2. The summed E-state index contributed by atoms with van der Waals surface area (Å²) in [6.07, 6.45) is 0.829. The molecule has 0 aliphatic carbocycles. The van der Waals surface area contributed by atoms with Crippen LogP contribution in [0.4, 0.5) is 0 Å². The fourth-order valence-corrected chi connectivity index (χ4v) is 2.55. The second kappa shape index (κ2) is 7.52. The molecule has 1 amide bonds. The lowest BCUT2D eigenvalue weighted by Gasteiger charge is -2.18. The molecule has 1 aromatic heterocycles. The lowest BCUT2D eigenvalue weighted by atomic mass is 9.87. The molecule has 0 bridgehead atoms. The minimum atomic E-state index is -0.836. The smallest absolute Gasteiger partial charge is 0.343 e. The first-order valence-corrected chi connectivity index (χ1v) is 7.34. The van der Waals surface area contributed by atoms with Gasteiger partial charge in [0.25, 0.3) is 5.56 Å². The molecule has 0 aliphatic heterocycles. The third-order valence-electron chi connectivity index (χ3n) is 3.78. The van der Waals surface area contributed by atoms with Gasteiger partial charge >= 0.3 is 5.97 Å². The van der Waals surface area contributed by atoms with E-state index in [2.05, 4.69) is 9.72 Å². The van der Waals surface area contributed by atoms with Crippen molar-refractivity contribution >= 4 is 11.9 Å². The highest BCUT2D eigenvalue weighted by molar-refractivity contribution is 5.92. The van der Waals surface area contributed by atoms with Gasteiger partial charge in [0.15, 0.2) is 0 Å². The zero-order chi connectivity index (χ0) is 18.6. The van der Waals surface area contributed by atoms with E-state index >= 15 is 0 Å². The zero-order valence-electron chi connectivity index (χ0n) is 13.7. The molecule has 0 saturated carbocycles. The van der Waals surface area contributed by atoms with Gasteiger partial charge < -0.3 is 25.3 Å². The zero-order valence-corrected chi connectivity index (χ0v) is 13.7. The minimum absolute atomic E-state index is 0.133. The van der Waals surface area contributed by atoms with Gasteiger partial charge in [-0.3, -0.25) is 9.59 Å². The molecule has 0 aliphatic rings. The average molecular weight is 346 g/mol. The Bertz CT molecular complexity index is 841. The van der Waals surface area contributed by atoms with Crippen molar-refractivity contribution in [2.45, 2.75) is 12.3 Å². The Balaban J connectivity index is 2.63. The summed E-state index contributed by atoms with van der Waals surface area (Å²) in [5.41, 5.74) is 4.88. The Labute approximate surface area is 143 Å². The number of benzene rings is 1. The Hall–Kier alpha value is -3.29. The van der Waals surface area contributed by atoms with Crippen LogP contribution in [0.25, 0.3) is 0 Å². The molecule has 132 valence electrons. The predicted molar refractivity (Wildman–Crippen MR) is 88.7 cm³/mol. The highest BCUT2D eigenvalue weighted by atomic mass is 16.5. The highest BCUT2D eigenvalue weighted by Crippen LogP contribution is 2.34. The largest absolute Gasteiger partial charge is 0.506 e. The monoisotopic (exact) mass is 346 g/mol. The van der Waals surface area contributed by atoms with Gasteiger partial charge in [-0.25, -0.2) is 4.79 Å². The van der Waals surface area contributed by atoms with Gasteiger partial charge in [-0.1, -0.05) is 12.1 Å². The van der Waals surface area contributed by atoms with Crippen LogP contribution in [0.1, 0.15) is 33.8 Å². The van der Waals surface area contributed by atoms with Gasteiger partial charge in [0.05, 0.1) is 19.8 Å². The van der Waals surface area contributed by atoms with E-state index in [0.29, 0.717) is 11.3 Å². The van der Waals surface area contributed by atoms with Gasteiger partial charge in [-0.15, -0.1) is 0 Å². The number of methoxy groups -OCH3 is 2. The molecule has 2 aromatic rings.